The predicted molar refractivity (Wildman–Crippen MR) is 117 cm³/mol. The molecule has 0 saturated carbocycles. The van der Waals surface area contributed by atoms with Gasteiger partial charge in [-0.05, 0) is 45.4 Å². The van der Waals surface area contributed by atoms with Gasteiger partial charge < -0.3 is 14.2 Å². The molecule has 2 heterocycles. The first-order valence-electron chi connectivity index (χ1n) is 9.89. The van der Waals surface area contributed by atoms with Gasteiger partial charge in [-0.3, -0.25) is 9.69 Å². The number of nitrogens with zero attached hydrogens (tertiary/aromatic N) is 2. The number of hydrogen-bond donors (Lipinski definition) is 0. The lowest BCUT2D eigenvalue weighted by Gasteiger charge is -2.33. The number of hydrogen-bond acceptors (Lipinski definition) is 7. The van der Waals surface area contributed by atoms with E-state index < -0.39 is 12.0 Å². The quantitative estimate of drug-likeness (QED) is 0.460. The van der Waals surface area contributed by atoms with Crippen LogP contribution in [0.5, 0.6) is 11.5 Å². The second kappa shape index (κ2) is 9.38. The fourth-order valence-corrected chi connectivity index (χ4v) is 4.46. The molecule has 0 spiro atoms. The van der Waals surface area contributed by atoms with Gasteiger partial charge in [-0.25, -0.2) is 9.79 Å². The molecule has 0 bridgehead atoms. The third-order valence-corrected chi connectivity index (χ3v) is 5.75. The molecule has 2 aliphatic rings. The smallest absolute Gasteiger partial charge is 0.338 e. The van der Waals surface area contributed by atoms with E-state index in [4.69, 9.17) is 14.2 Å². The highest BCUT2D eigenvalue weighted by atomic mass is 32.2. The van der Waals surface area contributed by atoms with Gasteiger partial charge in [0.15, 0.2) is 16.7 Å². The molecule has 7 nitrogen and oxygen atoms in total. The number of rotatable bonds is 8. The zero-order chi connectivity index (χ0) is 21.8. The Morgan fingerprint density at radius 1 is 1.27 bits per heavy atom. The van der Waals surface area contributed by atoms with E-state index >= 15 is 0 Å². The molecule has 0 aromatic heterocycles. The highest BCUT2D eigenvalue weighted by molar-refractivity contribution is 8.15. The van der Waals surface area contributed by atoms with Crippen LogP contribution < -0.4 is 9.47 Å². The van der Waals surface area contributed by atoms with Crippen LogP contribution in [0.15, 0.2) is 47.1 Å². The van der Waals surface area contributed by atoms with E-state index in [0.717, 1.165) is 5.56 Å². The molecule has 3 rings (SSSR count). The minimum Gasteiger partial charge on any atom is -0.490 e. The van der Waals surface area contributed by atoms with Crippen LogP contribution in [0.2, 0.25) is 0 Å². The molecule has 1 aromatic rings. The number of allylic oxidation sites excluding steroid dienone is 1. The van der Waals surface area contributed by atoms with Gasteiger partial charge in [-0.1, -0.05) is 30.5 Å². The molecule has 1 amide bonds. The Labute approximate surface area is 180 Å². The van der Waals surface area contributed by atoms with Gasteiger partial charge in [0.2, 0.25) is 5.91 Å². The summed E-state index contributed by atoms with van der Waals surface area (Å²) in [7, 11) is 0. The van der Waals surface area contributed by atoms with E-state index in [0.29, 0.717) is 41.2 Å². The standard InChI is InChI=1S/C22H26N2O5S/c1-6-11-29-21(26)18-13(4)23-22-24(20(25)14(5)30-22)19(18)15-9-10-16(27-7-2)17(12-15)28-8-3/h6,9-10,12,14,19H,1,7-8,11H2,2-5H3/t14-,19-/m1/s1. The summed E-state index contributed by atoms with van der Waals surface area (Å²) >= 11 is 1.39. The van der Waals surface area contributed by atoms with Crippen LogP contribution in [-0.4, -0.2) is 47.0 Å². The predicted octanol–water partition coefficient (Wildman–Crippen LogP) is 3.86. The number of carbonyl (C=O) groups is 2. The van der Waals surface area contributed by atoms with Crippen LogP contribution in [0, 0.1) is 0 Å². The van der Waals surface area contributed by atoms with Gasteiger partial charge in [0.1, 0.15) is 6.61 Å². The van der Waals surface area contributed by atoms with Crippen molar-refractivity contribution in [1.82, 2.24) is 4.90 Å². The maximum Gasteiger partial charge on any atom is 0.338 e. The summed E-state index contributed by atoms with van der Waals surface area (Å²) in [5.74, 6) is 0.547. The van der Waals surface area contributed by atoms with Crippen molar-refractivity contribution < 1.29 is 23.8 Å². The number of benzene rings is 1. The van der Waals surface area contributed by atoms with E-state index in [1.807, 2.05) is 32.9 Å². The molecule has 0 N–H and O–H groups in total. The van der Waals surface area contributed by atoms with Gasteiger partial charge in [0.05, 0.1) is 35.8 Å². The average molecular weight is 431 g/mol. The second-order valence-electron chi connectivity index (χ2n) is 6.72. The Kier molecular flexibility index (Phi) is 6.87. The molecular formula is C22H26N2O5S. The van der Waals surface area contributed by atoms with Gasteiger partial charge >= 0.3 is 5.97 Å². The maximum atomic E-state index is 13.0. The Morgan fingerprint density at radius 2 is 1.97 bits per heavy atom. The summed E-state index contributed by atoms with van der Waals surface area (Å²) in [6, 6.07) is 4.80. The largest absolute Gasteiger partial charge is 0.490 e. The Balaban J connectivity index is 2.13. The molecule has 160 valence electrons. The van der Waals surface area contributed by atoms with Crippen LogP contribution in [0.25, 0.3) is 0 Å². The van der Waals surface area contributed by atoms with Gasteiger partial charge in [-0.15, -0.1) is 0 Å². The summed E-state index contributed by atoms with van der Waals surface area (Å²) in [6.45, 7) is 12.0. The lowest BCUT2D eigenvalue weighted by molar-refractivity contribution is -0.139. The number of aliphatic imine (C=N–C) groups is 1. The minimum absolute atomic E-state index is 0.0749. The Morgan fingerprint density at radius 3 is 2.63 bits per heavy atom. The Bertz CT molecular complexity index is 924. The van der Waals surface area contributed by atoms with Crippen molar-refractivity contribution in [3.63, 3.8) is 0 Å². The second-order valence-corrected chi connectivity index (χ2v) is 8.03. The number of esters is 1. The number of carbonyl (C=O) groups excluding carboxylic acids is 2. The summed E-state index contributed by atoms with van der Waals surface area (Å²) in [6.07, 6.45) is 1.50. The molecule has 0 radical (unpaired) electrons. The van der Waals surface area contributed by atoms with Gasteiger partial charge in [0, 0.05) is 0 Å². The van der Waals surface area contributed by atoms with Crippen LogP contribution >= 0.6 is 11.8 Å². The zero-order valence-electron chi connectivity index (χ0n) is 17.6. The average Bonchev–Trinajstić information content (AvgIpc) is 3.00. The zero-order valence-corrected chi connectivity index (χ0v) is 18.5. The lowest BCUT2D eigenvalue weighted by atomic mass is 9.94. The van der Waals surface area contributed by atoms with Crippen LogP contribution in [0.4, 0.5) is 0 Å². The third kappa shape index (κ3) is 4.09. The highest BCUT2D eigenvalue weighted by Crippen LogP contribution is 2.44. The first-order chi connectivity index (χ1) is 14.4. The van der Waals surface area contributed by atoms with Gasteiger partial charge in [-0.2, -0.15) is 0 Å². The molecule has 1 fully saturated rings. The number of amides is 1. The van der Waals surface area contributed by atoms with E-state index in [9.17, 15) is 9.59 Å². The molecule has 2 atom stereocenters. The van der Waals surface area contributed by atoms with Crippen molar-refractivity contribution in [2.45, 2.75) is 39.0 Å². The SMILES string of the molecule is C=CCOC(=O)C1=C(C)N=C2S[C@H](C)C(=O)N2[C@@H]1c1ccc(OCC)c(OCC)c1. The van der Waals surface area contributed by atoms with E-state index in [1.54, 1.807) is 17.9 Å². The van der Waals surface area contributed by atoms with Crippen LogP contribution in [0.3, 0.4) is 0 Å². The number of thioether (sulfide) groups is 1. The van der Waals surface area contributed by atoms with Crippen molar-refractivity contribution >= 4 is 28.8 Å². The molecule has 1 aromatic carbocycles. The molecular weight excluding hydrogens is 404 g/mol. The summed E-state index contributed by atoms with van der Waals surface area (Å²) in [4.78, 5) is 32.0. The maximum absolute atomic E-state index is 13.0. The summed E-state index contributed by atoms with van der Waals surface area (Å²) in [5, 5.41) is 0.304. The normalized spacial score (nSPS) is 20.6. The van der Waals surface area contributed by atoms with Crippen molar-refractivity contribution in [1.29, 1.82) is 0 Å². The molecule has 2 aliphatic heterocycles. The molecule has 1 saturated heterocycles. The number of fused-ring (bicyclic) bond motifs is 1. The van der Waals surface area contributed by atoms with Gasteiger partial charge in [0.25, 0.3) is 0 Å². The third-order valence-electron chi connectivity index (χ3n) is 4.69. The molecule has 0 aliphatic carbocycles. The highest BCUT2D eigenvalue weighted by Gasteiger charge is 2.46. The van der Waals surface area contributed by atoms with Crippen LogP contribution in [0.1, 0.15) is 39.3 Å². The topological polar surface area (TPSA) is 77.4 Å². The minimum atomic E-state index is -0.658. The molecule has 8 heteroatoms. The monoisotopic (exact) mass is 430 g/mol. The fraction of sp³-hybridized carbons (Fsp3) is 0.409. The van der Waals surface area contributed by atoms with E-state index in [-0.39, 0.29) is 17.8 Å². The van der Waals surface area contributed by atoms with Crippen molar-refractivity contribution in [2.24, 2.45) is 4.99 Å². The lowest BCUT2D eigenvalue weighted by Crippen LogP contribution is -2.40. The molecule has 0 unspecified atom stereocenters. The van der Waals surface area contributed by atoms with Crippen molar-refractivity contribution in [3.05, 3.63) is 47.7 Å². The summed E-state index contributed by atoms with van der Waals surface area (Å²) in [5.41, 5.74) is 1.58. The number of ether oxygens (including phenoxy) is 3. The van der Waals surface area contributed by atoms with Crippen LogP contribution in [-0.2, 0) is 14.3 Å². The Hall–Kier alpha value is -2.74. The fourth-order valence-electron chi connectivity index (χ4n) is 3.43. The van der Waals surface area contributed by atoms with Crippen molar-refractivity contribution in [3.8, 4) is 11.5 Å². The summed E-state index contributed by atoms with van der Waals surface area (Å²) < 4.78 is 16.7. The van der Waals surface area contributed by atoms with E-state index in [2.05, 4.69) is 11.6 Å². The number of amidine groups is 1. The van der Waals surface area contributed by atoms with Crippen molar-refractivity contribution in [2.75, 3.05) is 19.8 Å². The molecule has 30 heavy (non-hydrogen) atoms. The first kappa shape index (κ1) is 22.0. The first-order valence-corrected chi connectivity index (χ1v) is 10.8. The van der Waals surface area contributed by atoms with E-state index in [1.165, 1.54) is 17.8 Å².